The summed E-state index contributed by atoms with van der Waals surface area (Å²) in [5.74, 6) is -0.0465. The maximum atomic E-state index is 13.1. The monoisotopic (exact) mass is 401 g/mol. The summed E-state index contributed by atoms with van der Waals surface area (Å²) < 4.78 is 0. The van der Waals surface area contributed by atoms with Crippen LogP contribution in [0.3, 0.4) is 0 Å². The molecule has 0 saturated carbocycles. The van der Waals surface area contributed by atoms with Crippen molar-refractivity contribution in [1.29, 1.82) is 0 Å². The van der Waals surface area contributed by atoms with E-state index in [1.165, 1.54) is 0 Å². The maximum Gasteiger partial charge on any atom is 0.318 e. The molecule has 0 radical (unpaired) electrons. The van der Waals surface area contributed by atoms with Crippen LogP contribution in [0.4, 0.5) is 4.79 Å². The number of urea groups is 1. The summed E-state index contributed by atoms with van der Waals surface area (Å²) in [6.45, 7) is 9.53. The average Bonchev–Trinajstić information content (AvgIpc) is 3.13. The molecule has 0 aliphatic heterocycles. The van der Waals surface area contributed by atoms with Gasteiger partial charge in [0.15, 0.2) is 0 Å². The summed E-state index contributed by atoms with van der Waals surface area (Å²) in [5, 5.41) is 4.98. The number of carbonyl (C=O) groups excluding carboxylic acids is 2. The molecule has 152 valence electrons. The molecule has 1 heterocycles. The highest BCUT2D eigenvalue weighted by atomic mass is 32.1. The largest absolute Gasteiger partial charge is 0.333 e. The van der Waals surface area contributed by atoms with E-state index >= 15 is 0 Å². The van der Waals surface area contributed by atoms with Crippen molar-refractivity contribution in [3.05, 3.63) is 58.3 Å². The molecule has 1 aromatic carbocycles. The summed E-state index contributed by atoms with van der Waals surface area (Å²) in [7, 11) is 0. The highest BCUT2D eigenvalue weighted by Crippen LogP contribution is 2.15. The van der Waals surface area contributed by atoms with E-state index in [9.17, 15) is 9.59 Å². The molecule has 0 fully saturated rings. The quantitative estimate of drug-likeness (QED) is 0.708. The minimum absolute atomic E-state index is 0.0465. The highest BCUT2D eigenvalue weighted by Gasteiger charge is 2.24. The van der Waals surface area contributed by atoms with Crippen LogP contribution in [-0.4, -0.2) is 40.4 Å². The zero-order valence-corrected chi connectivity index (χ0v) is 18.1. The van der Waals surface area contributed by atoms with Gasteiger partial charge in [0.25, 0.3) is 0 Å². The minimum Gasteiger partial charge on any atom is -0.333 e. The van der Waals surface area contributed by atoms with Gasteiger partial charge in [-0.1, -0.05) is 43.3 Å². The molecule has 1 N–H and O–H groups in total. The molecule has 2 rings (SSSR count). The molecule has 0 bridgehead atoms. The topological polar surface area (TPSA) is 52.7 Å². The first-order valence-corrected chi connectivity index (χ1v) is 10.6. The van der Waals surface area contributed by atoms with Crippen molar-refractivity contribution in [2.45, 2.75) is 52.7 Å². The smallest absolute Gasteiger partial charge is 0.318 e. The van der Waals surface area contributed by atoms with Gasteiger partial charge in [-0.15, -0.1) is 11.3 Å². The summed E-state index contributed by atoms with van der Waals surface area (Å²) >= 11 is 1.64. The van der Waals surface area contributed by atoms with Gasteiger partial charge < -0.3 is 15.1 Å². The molecule has 28 heavy (non-hydrogen) atoms. The van der Waals surface area contributed by atoms with Gasteiger partial charge in [-0.3, -0.25) is 4.79 Å². The third-order valence-electron chi connectivity index (χ3n) is 4.08. The maximum absolute atomic E-state index is 13.1. The van der Waals surface area contributed by atoms with Crippen LogP contribution in [0.15, 0.2) is 47.8 Å². The summed E-state index contributed by atoms with van der Waals surface area (Å²) in [5.41, 5.74) is 0.737. The number of nitrogens with zero attached hydrogens (tertiary/aromatic N) is 2. The van der Waals surface area contributed by atoms with Gasteiger partial charge in [0.1, 0.15) is 6.54 Å². The van der Waals surface area contributed by atoms with Gasteiger partial charge in [0.2, 0.25) is 5.91 Å². The van der Waals surface area contributed by atoms with Crippen LogP contribution in [-0.2, 0) is 17.9 Å². The number of hydrogen-bond donors (Lipinski definition) is 1. The van der Waals surface area contributed by atoms with Crippen LogP contribution >= 0.6 is 11.3 Å². The molecule has 1 aromatic heterocycles. The van der Waals surface area contributed by atoms with Crippen LogP contribution in [0.1, 0.15) is 44.6 Å². The van der Waals surface area contributed by atoms with Crippen molar-refractivity contribution in [3.8, 4) is 0 Å². The minimum atomic E-state index is -0.340. The normalized spacial score (nSPS) is 11.1. The number of amides is 3. The molecule has 5 nitrogen and oxygen atoms in total. The van der Waals surface area contributed by atoms with Crippen LogP contribution in [0.5, 0.6) is 0 Å². The van der Waals surface area contributed by atoms with Gasteiger partial charge >= 0.3 is 6.03 Å². The van der Waals surface area contributed by atoms with Crippen LogP contribution in [0, 0.1) is 0 Å². The molecule has 6 heteroatoms. The summed E-state index contributed by atoms with van der Waals surface area (Å²) in [6.07, 6.45) is 0.800. The number of benzene rings is 1. The molecule has 0 unspecified atom stereocenters. The Bertz CT molecular complexity index is 739. The molecule has 0 saturated heterocycles. The second-order valence-electron chi connectivity index (χ2n) is 7.92. The Balaban J connectivity index is 2.13. The zero-order chi connectivity index (χ0) is 20.6. The van der Waals surface area contributed by atoms with Gasteiger partial charge in [-0.2, -0.15) is 0 Å². The van der Waals surface area contributed by atoms with E-state index < -0.39 is 0 Å². The molecule has 3 amide bonds. The predicted molar refractivity (Wildman–Crippen MR) is 115 cm³/mol. The molecule has 0 atom stereocenters. The second kappa shape index (κ2) is 10.3. The number of carbonyl (C=O) groups is 2. The lowest BCUT2D eigenvalue weighted by molar-refractivity contribution is -0.133. The summed E-state index contributed by atoms with van der Waals surface area (Å²) in [4.78, 5) is 30.3. The fourth-order valence-electron chi connectivity index (χ4n) is 2.81. The van der Waals surface area contributed by atoms with Gasteiger partial charge in [0, 0.05) is 23.5 Å². The highest BCUT2D eigenvalue weighted by molar-refractivity contribution is 7.09. The number of nitrogens with one attached hydrogen (secondary N) is 1. The predicted octanol–water partition coefficient (Wildman–Crippen LogP) is 4.50. The Labute approximate surface area is 172 Å². The Morgan fingerprint density at radius 1 is 1.00 bits per heavy atom. The van der Waals surface area contributed by atoms with Crippen molar-refractivity contribution in [1.82, 2.24) is 15.1 Å². The van der Waals surface area contributed by atoms with Crippen molar-refractivity contribution >= 4 is 23.3 Å². The van der Waals surface area contributed by atoms with Gasteiger partial charge in [-0.05, 0) is 44.2 Å². The van der Waals surface area contributed by atoms with E-state index in [1.54, 1.807) is 16.2 Å². The first-order chi connectivity index (χ1) is 13.3. The molecular weight excluding hydrogens is 370 g/mol. The Morgan fingerprint density at radius 3 is 2.29 bits per heavy atom. The van der Waals surface area contributed by atoms with E-state index in [4.69, 9.17) is 0 Å². The molecular formula is C22H31N3O2S. The van der Waals surface area contributed by atoms with Gasteiger partial charge in [-0.25, -0.2) is 4.79 Å². The first-order valence-electron chi connectivity index (χ1n) is 9.69. The SMILES string of the molecule is CCCN(CC(=O)N(Cc1ccccc1)Cc1cccs1)C(=O)NC(C)(C)C. The number of rotatable bonds is 8. The van der Waals surface area contributed by atoms with Crippen LogP contribution in [0.25, 0.3) is 0 Å². The van der Waals surface area contributed by atoms with Crippen molar-refractivity contribution in [2.24, 2.45) is 0 Å². The fraction of sp³-hybridized carbons (Fsp3) is 0.455. The third-order valence-corrected chi connectivity index (χ3v) is 4.95. The molecule has 0 spiro atoms. The summed E-state index contributed by atoms with van der Waals surface area (Å²) in [6, 6.07) is 13.8. The molecule has 0 aliphatic rings. The van der Waals surface area contributed by atoms with Crippen molar-refractivity contribution < 1.29 is 9.59 Å². The molecule has 2 aromatic rings. The first kappa shape index (κ1) is 22.0. The molecule has 0 aliphatic carbocycles. The van der Waals surface area contributed by atoms with E-state index in [-0.39, 0.29) is 24.0 Å². The van der Waals surface area contributed by atoms with E-state index in [0.717, 1.165) is 16.9 Å². The Morgan fingerprint density at radius 2 is 1.71 bits per heavy atom. The number of thiophene rings is 1. The lowest BCUT2D eigenvalue weighted by Gasteiger charge is -2.30. The van der Waals surface area contributed by atoms with Crippen LogP contribution in [0.2, 0.25) is 0 Å². The third kappa shape index (κ3) is 7.35. The van der Waals surface area contributed by atoms with Crippen LogP contribution < -0.4 is 5.32 Å². The van der Waals surface area contributed by atoms with Crippen molar-refractivity contribution in [2.75, 3.05) is 13.1 Å². The van der Waals surface area contributed by atoms with E-state index in [0.29, 0.717) is 19.6 Å². The second-order valence-corrected chi connectivity index (χ2v) is 8.95. The van der Waals surface area contributed by atoms with E-state index in [2.05, 4.69) is 5.32 Å². The van der Waals surface area contributed by atoms with E-state index in [1.807, 2.05) is 80.4 Å². The lowest BCUT2D eigenvalue weighted by atomic mass is 10.1. The Hall–Kier alpha value is -2.34. The lowest BCUT2D eigenvalue weighted by Crippen LogP contribution is -2.51. The fourth-order valence-corrected chi connectivity index (χ4v) is 3.53. The zero-order valence-electron chi connectivity index (χ0n) is 17.3. The van der Waals surface area contributed by atoms with Gasteiger partial charge in [0.05, 0.1) is 6.54 Å². The average molecular weight is 402 g/mol. The Kier molecular flexibility index (Phi) is 8.05. The number of hydrogen-bond acceptors (Lipinski definition) is 3. The standard InChI is InChI=1S/C22H31N3O2S/c1-5-13-24(21(27)23-22(2,3)4)17-20(26)25(16-19-12-9-14-28-19)15-18-10-7-6-8-11-18/h6-12,14H,5,13,15-17H2,1-4H3,(H,23,27). The van der Waals surface area contributed by atoms with Crippen molar-refractivity contribution in [3.63, 3.8) is 0 Å².